The normalized spacial score (nSPS) is 12.7. The van der Waals surface area contributed by atoms with E-state index in [2.05, 4.69) is 31.9 Å². The minimum atomic E-state index is -0.419. The third kappa shape index (κ3) is 3.17. The molecule has 4 heteroatoms. The summed E-state index contributed by atoms with van der Waals surface area (Å²) in [7, 11) is 0. The summed E-state index contributed by atoms with van der Waals surface area (Å²) in [6, 6.07) is 12.0. The van der Waals surface area contributed by atoms with Crippen molar-refractivity contribution < 1.29 is 5.11 Å². The molecule has 0 spiro atoms. The van der Waals surface area contributed by atoms with Crippen molar-refractivity contribution >= 4 is 43.2 Å². The fourth-order valence-corrected chi connectivity index (χ4v) is 3.13. The molecule has 1 N–H and O–H groups in total. The van der Waals surface area contributed by atoms with E-state index in [-0.39, 0.29) is 0 Å². The summed E-state index contributed by atoms with van der Waals surface area (Å²) in [5, 5.41) is 10.0. The lowest BCUT2D eigenvalue weighted by Gasteiger charge is -2.08. The molecule has 0 amide bonds. The molecule has 0 radical (unpaired) electrons. The average Bonchev–Trinajstić information content (AvgIpc) is 2.68. The first-order valence-electron chi connectivity index (χ1n) is 4.83. The Hall–Kier alpha value is -0.160. The first kappa shape index (κ1) is 12.3. The highest BCUT2D eigenvalue weighted by molar-refractivity contribution is 9.11. The molecule has 0 aliphatic heterocycles. The summed E-state index contributed by atoms with van der Waals surface area (Å²) >= 11 is 8.37. The fraction of sp³-hybridized carbons (Fsp3) is 0.167. The zero-order valence-electron chi connectivity index (χ0n) is 8.36. The molecule has 84 valence electrons. The van der Waals surface area contributed by atoms with Gasteiger partial charge in [-0.05, 0) is 45.8 Å². The minimum Gasteiger partial charge on any atom is -0.387 e. The third-order valence-corrected chi connectivity index (χ3v) is 4.52. The van der Waals surface area contributed by atoms with Gasteiger partial charge in [-0.2, -0.15) is 0 Å². The maximum Gasteiger partial charge on any atom is 0.0922 e. The summed E-state index contributed by atoms with van der Waals surface area (Å²) in [4.78, 5) is 0.995. The van der Waals surface area contributed by atoms with Crippen molar-refractivity contribution in [1.82, 2.24) is 0 Å². The average molecular weight is 362 g/mol. The number of halogens is 2. The van der Waals surface area contributed by atoms with E-state index in [1.165, 1.54) is 0 Å². The molecule has 1 heterocycles. The SMILES string of the molecule is OC(Cc1ccc(Br)cc1)c1ccc(Br)s1. The summed E-state index contributed by atoms with van der Waals surface area (Å²) in [5.74, 6) is 0. The second kappa shape index (κ2) is 5.45. The van der Waals surface area contributed by atoms with Crippen LogP contribution in [0.25, 0.3) is 0 Å². The molecular weight excluding hydrogens is 352 g/mol. The van der Waals surface area contributed by atoms with Gasteiger partial charge in [-0.25, -0.2) is 0 Å². The van der Waals surface area contributed by atoms with Gasteiger partial charge in [0.05, 0.1) is 9.89 Å². The van der Waals surface area contributed by atoms with Crippen molar-refractivity contribution in [3.63, 3.8) is 0 Å². The standard InChI is InChI=1S/C12H10Br2OS/c13-9-3-1-8(2-4-9)7-10(15)11-5-6-12(14)16-11/h1-6,10,15H,7H2. The van der Waals surface area contributed by atoms with Crippen molar-refractivity contribution in [2.24, 2.45) is 0 Å². The Morgan fingerprint density at radius 2 is 1.75 bits per heavy atom. The van der Waals surface area contributed by atoms with Crippen LogP contribution in [0.1, 0.15) is 16.5 Å². The van der Waals surface area contributed by atoms with Crippen LogP contribution in [0, 0.1) is 0 Å². The monoisotopic (exact) mass is 360 g/mol. The van der Waals surface area contributed by atoms with E-state index in [1.54, 1.807) is 11.3 Å². The molecule has 0 saturated heterocycles. The van der Waals surface area contributed by atoms with E-state index in [4.69, 9.17) is 0 Å². The molecule has 1 atom stereocenters. The van der Waals surface area contributed by atoms with Crippen molar-refractivity contribution in [2.45, 2.75) is 12.5 Å². The van der Waals surface area contributed by atoms with Crippen LogP contribution in [0.15, 0.2) is 44.7 Å². The van der Waals surface area contributed by atoms with Crippen LogP contribution < -0.4 is 0 Å². The molecule has 16 heavy (non-hydrogen) atoms. The van der Waals surface area contributed by atoms with Gasteiger partial charge in [0.1, 0.15) is 0 Å². The number of aliphatic hydroxyl groups is 1. The van der Waals surface area contributed by atoms with Crippen LogP contribution in [-0.4, -0.2) is 5.11 Å². The van der Waals surface area contributed by atoms with Crippen LogP contribution in [0.4, 0.5) is 0 Å². The second-order valence-corrected chi connectivity index (χ2v) is 6.90. The first-order valence-corrected chi connectivity index (χ1v) is 7.23. The molecule has 0 aliphatic carbocycles. The third-order valence-electron chi connectivity index (χ3n) is 2.26. The van der Waals surface area contributed by atoms with Crippen LogP contribution in [-0.2, 0) is 6.42 Å². The number of benzene rings is 1. The van der Waals surface area contributed by atoms with Crippen LogP contribution in [0.2, 0.25) is 0 Å². The maximum absolute atomic E-state index is 10.0. The maximum atomic E-state index is 10.0. The highest BCUT2D eigenvalue weighted by Crippen LogP contribution is 2.29. The molecule has 2 aromatic rings. The van der Waals surface area contributed by atoms with Gasteiger partial charge in [0.25, 0.3) is 0 Å². The Morgan fingerprint density at radius 1 is 1.06 bits per heavy atom. The largest absolute Gasteiger partial charge is 0.387 e. The number of thiophene rings is 1. The highest BCUT2D eigenvalue weighted by atomic mass is 79.9. The number of hydrogen-bond acceptors (Lipinski definition) is 2. The van der Waals surface area contributed by atoms with E-state index in [0.29, 0.717) is 6.42 Å². The molecule has 1 aromatic heterocycles. The Labute approximate surface area is 115 Å². The number of rotatable bonds is 3. The van der Waals surface area contributed by atoms with Crippen LogP contribution >= 0.6 is 43.2 Å². The van der Waals surface area contributed by atoms with Crippen molar-refractivity contribution in [3.8, 4) is 0 Å². The zero-order chi connectivity index (χ0) is 11.5. The summed E-state index contributed by atoms with van der Waals surface area (Å²) < 4.78 is 2.11. The smallest absolute Gasteiger partial charge is 0.0922 e. The fourth-order valence-electron chi connectivity index (χ4n) is 1.45. The number of aliphatic hydroxyl groups excluding tert-OH is 1. The van der Waals surface area contributed by atoms with E-state index >= 15 is 0 Å². The van der Waals surface area contributed by atoms with Crippen LogP contribution in [0.3, 0.4) is 0 Å². The molecule has 2 rings (SSSR count). The Kier molecular flexibility index (Phi) is 4.19. The van der Waals surface area contributed by atoms with Gasteiger partial charge < -0.3 is 5.11 Å². The van der Waals surface area contributed by atoms with Gasteiger partial charge in [0.2, 0.25) is 0 Å². The molecule has 0 fully saturated rings. The van der Waals surface area contributed by atoms with Crippen molar-refractivity contribution in [1.29, 1.82) is 0 Å². The minimum absolute atomic E-state index is 0.419. The molecule has 1 nitrogen and oxygen atoms in total. The lowest BCUT2D eigenvalue weighted by molar-refractivity contribution is 0.182. The topological polar surface area (TPSA) is 20.2 Å². The van der Waals surface area contributed by atoms with Gasteiger partial charge in [-0.3, -0.25) is 0 Å². The van der Waals surface area contributed by atoms with E-state index in [9.17, 15) is 5.11 Å². The van der Waals surface area contributed by atoms with E-state index < -0.39 is 6.10 Å². The highest BCUT2D eigenvalue weighted by Gasteiger charge is 2.10. The molecule has 0 saturated carbocycles. The molecule has 0 aliphatic rings. The Bertz CT molecular complexity index is 464. The lowest BCUT2D eigenvalue weighted by atomic mass is 10.1. The summed E-state index contributed by atoms with van der Waals surface area (Å²) in [6.45, 7) is 0. The second-order valence-electron chi connectivity index (χ2n) is 3.49. The molecule has 0 bridgehead atoms. The van der Waals surface area contributed by atoms with Gasteiger partial charge >= 0.3 is 0 Å². The van der Waals surface area contributed by atoms with Gasteiger partial charge in [-0.1, -0.05) is 28.1 Å². The summed E-state index contributed by atoms with van der Waals surface area (Å²) in [5.41, 5.74) is 1.14. The molecule has 1 unspecified atom stereocenters. The Morgan fingerprint density at radius 3 is 2.31 bits per heavy atom. The van der Waals surface area contributed by atoms with Crippen LogP contribution in [0.5, 0.6) is 0 Å². The lowest BCUT2D eigenvalue weighted by Crippen LogP contribution is -1.99. The first-order chi connectivity index (χ1) is 7.65. The number of hydrogen-bond donors (Lipinski definition) is 1. The van der Waals surface area contributed by atoms with Crippen molar-refractivity contribution in [2.75, 3.05) is 0 Å². The predicted molar refractivity (Wildman–Crippen MR) is 74.8 cm³/mol. The van der Waals surface area contributed by atoms with Gasteiger partial charge in [0, 0.05) is 15.8 Å². The predicted octanol–water partition coefficient (Wildman–Crippen LogP) is 4.55. The quantitative estimate of drug-likeness (QED) is 0.850. The Balaban J connectivity index is 2.07. The summed E-state index contributed by atoms with van der Waals surface area (Å²) in [6.07, 6.45) is 0.234. The van der Waals surface area contributed by atoms with Gasteiger partial charge in [-0.15, -0.1) is 11.3 Å². The molecule has 1 aromatic carbocycles. The zero-order valence-corrected chi connectivity index (χ0v) is 12.3. The van der Waals surface area contributed by atoms with Gasteiger partial charge in [0.15, 0.2) is 0 Å². The van der Waals surface area contributed by atoms with E-state index in [1.807, 2.05) is 36.4 Å². The van der Waals surface area contributed by atoms with Crippen molar-refractivity contribution in [3.05, 3.63) is 55.1 Å². The van der Waals surface area contributed by atoms with E-state index in [0.717, 1.165) is 18.7 Å². The molecular formula is C12H10Br2OS.